The molecule has 0 unspecified atom stereocenters. The molecule has 7 heteroatoms. The Balaban J connectivity index is 1.61. The zero-order chi connectivity index (χ0) is 23.8. The molecule has 0 radical (unpaired) electrons. The lowest BCUT2D eigenvalue weighted by atomic mass is 9.96. The smallest absolute Gasteiger partial charge is 0.174 e. The summed E-state index contributed by atoms with van der Waals surface area (Å²) in [5.74, 6) is 0.936. The quantitative estimate of drug-likeness (QED) is 0.381. The molecule has 6 nitrogen and oxygen atoms in total. The van der Waals surface area contributed by atoms with Crippen LogP contribution in [-0.4, -0.2) is 28.8 Å². The summed E-state index contributed by atoms with van der Waals surface area (Å²) < 4.78 is 7.94. The number of aryl methyl sites for hydroxylation is 1. The molecule has 0 aliphatic carbocycles. The molecule has 1 N–H and O–H groups in total. The molecule has 1 aliphatic heterocycles. The van der Waals surface area contributed by atoms with E-state index in [0.29, 0.717) is 11.7 Å². The molecule has 1 fully saturated rings. The van der Waals surface area contributed by atoms with Crippen molar-refractivity contribution < 1.29 is 4.42 Å². The number of rotatable bonds is 6. The van der Waals surface area contributed by atoms with Crippen LogP contribution in [0.3, 0.4) is 0 Å². The second-order valence-corrected chi connectivity index (χ2v) is 9.29. The summed E-state index contributed by atoms with van der Waals surface area (Å²) in [6.07, 6.45) is 3.56. The van der Waals surface area contributed by atoms with Crippen LogP contribution in [0.2, 0.25) is 0 Å². The molecular weight excluding hydrogens is 442 g/mol. The lowest BCUT2D eigenvalue weighted by molar-refractivity contribution is 0.488. The predicted octanol–water partition coefficient (Wildman–Crippen LogP) is 5.38. The van der Waals surface area contributed by atoms with E-state index in [1.54, 1.807) is 6.26 Å². The van der Waals surface area contributed by atoms with Crippen molar-refractivity contribution in [2.75, 3.05) is 23.9 Å². The highest BCUT2D eigenvalue weighted by Gasteiger charge is 2.42. The molecule has 1 aliphatic rings. The lowest BCUT2D eigenvalue weighted by Crippen LogP contribution is -2.29. The van der Waals surface area contributed by atoms with E-state index < -0.39 is 0 Å². The van der Waals surface area contributed by atoms with Gasteiger partial charge in [0, 0.05) is 43.1 Å². The Morgan fingerprint density at radius 3 is 2.50 bits per heavy atom. The van der Waals surface area contributed by atoms with Crippen molar-refractivity contribution in [2.24, 2.45) is 0 Å². The van der Waals surface area contributed by atoms with Crippen LogP contribution in [0.4, 0.5) is 11.4 Å². The van der Waals surface area contributed by atoms with Crippen LogP contribution in [0.15, 0.2) is 77.5 Å². The van der Waals surface area contributed by atoms with Crippen molar-refractivity contribution in [1.29, 1.82) is 0 Å². The Bertz CT molecular complexity index is 1280. The fraction of sp³-hybridized carbons (Fsp3) is 0.259. The van der Waals surface area contributed by atoms with Crippen LogP contribution in [0.5, 0.6) is 0 Å². The van der Waals surface area contributed by atoms with Gasteiger partial charge in [0.2, 0.25) is 0 Å². The third-order valence-electron chi connectivity index (χ3n) is 6.57. The van der Waals surface area contributed by atoms with Crippen LogP contribution < -0.4 is 15.1 Å². The van der Waals surface area contributed by atoms with Gasteiger partial charge in [-0.25, -0.2) is 0 Å². The molecule has 3 aromatic heterocycles. The average Bonchev–Trinajstić information content (AvgIpc) is 3.54. The van der Waals surface area contributed by atoms with Crippen LogP contribution in [-0.2, 0) is 6.54 Å². The van der Waals surface area contributed by atoms with Gasteiger partial charge in [0.15, 0.2) is 5.11 Å². The van der Waals surface area contributed by atoms with E-state index in [1.165, 1.54) is 17.0 Å². The van der Waals surface area contributed by atoms with Gasteiger partial charge < -0.3 is 24.1 Å². The number of thiocarbonyl (C=S) groups is 1. The van der Waals surface area contributed by atoms with Gasteiger partial charge in [-0.15, -0.1) is 0 Å². The van der Waals surface area contributed by atoms with Crippen molar-refractivity contribution in [3.05, 3.63) is 102 Å². The minimum Gasteiger partial charge on any atom is -0.467 e. The van der Waals surface area contributed by atoms with Crippen LogP contribution in [0, 0.1) is 13.8 Å². The van der Waals surface area contributed by atoms with Gasteiger partial charge in [0.25, 0.3) is 0 Å². The number of benzene rings is 1. The number of aromatic nitrogens is 2. The minimum absolute atomic E-state index is 0.0378. The van der Waals surface area contributed by atoms with Gasteiger partial charge in [-0.1, -0.05) is 6.07 Å². The Hall–Kier alpha value is -3.58. The summed E-state index contributed by atoms with van der Waals surface area (Å²) in [6, 6.07) is 20.7. The summed E-state index contributed by atoms with van der Waals surface area (Å²) >= 11 is 5.89. The summed E-state index contributed by atoms with van der Waals surface area (Å²) in [4.78, 5) is 9.01. The molecule has 0 bridgehead atoms. The van der Waals surface area contributed by atoms with E-state index in [1.807, 2.05) is 44.6 Å². The monoisotopic (exact) mass is 471 g/mol. The first kappa shape index (κ1) is 22.2. The molecule has 0 spiro atoms. The first-order chi connectivity index (χ1) is 16.4. The molecule has 0 saturated carbocycles. The number of nitrogens with one attached hydrogen (secondary N) is 1. The van der Waals surface area contributed by atoms with Crippen LogP contribution in [0.25, 0.3) is 0 Å². The average molecular weight is 472 g/mol. The second-order valence-electron chi connectivity index (χ2n) is 8.90. The summed E-state index contributed by atoms with van der Waals surface area (Å²) in [6.45, 7) is 5.02. The molecule has 174 valence electrons. The number of hydrogen-bond acceptors (Lipinski definition) is 4. The predicted molar refractivity (Wildman–Crippen MR) is 140 cm³/mol. The number of furan rings is 1. The number of hydrogen-bond donors (Lipinski definition) is 1. The zero-order valence-corrected chi connectivity index (χ0v) is 20.7. The third kappa shape index (κ3) is 3.96. The first-order valence-electron chi connectivity index (χ1n) is 11.4. The Morgan fingerprint density at radius 1 is 1.06 bits per heavy atom. The van der Waals surface area contributed by atoms with Gasteiger partial charge in [0.05, 0.1) is 30.6 Å². The highest BCUT2D eigenvalue weighted by molar-refractivity contribution is 7.80. The Morgan fingerprint density at radius 2 is 1.85 bits per heavy atom. The van der Waals surface area contributed by atoms with E-state index in [4.69, 9.17) is 16.6 Å². The third-order valence-corrected chi connectivity index (χ3v) is 6.88. The molecule has 4 heterocycles. The zero-order valence-electron chi connectivity index (χ0n) is 19.9. The fourth-order valence-corrected chi connectivity index (χ4v) is 5.14. The van der Waals surface area contributed by atoms with E-state index in [-0.39, 0.29) is 12.1 Å². The SMILES string of the molecule is Cc1cc([C@H]2[C@@H](c3ccccn3)NC(=S)N2c2ccc(N(C)C)cc2)c(C)n1Cc1ccco1. The standard InChI is InChI=1S/C27H29N5OS/c1-18-16-23(19(2)31(18)17-22-8-7-15-33-22)26-25(24-9-5-6-14-28-24)29-27(34)32(26)21-12-10-20(11-13-21)30(3)4/h5-16,25-26H,17H2,1-4H3,(H,29,34)/t25-,26+/m1/s1. The highest BCUT2D eigenvalue weighted by atomic mass is 32.1. The van der Waals surface area contributed by atoms with Crippen LogP contribution >= 0.6 is 12.2 Å². The summed E-state index contributed by atoms with van der Waals surface area (Å²) in [7, 11) is 4.09. The fourth-order valence-electron chi connectivity index (χ4n) is 4.79. The molecule has 34 heavy (non-hydrogen) atoms. The summed E-state index contributed by atoms with van der Waals surface area (Å²) in [5, 5.41) is 4.27. The topological polar surface area (TPSA) is 49.5 Å². The first-order valence-corrected chi connectivity index (χ1v) is 11.8. The van der Waals surface area contributed by atoms with Gasteiger partial charge in [-0.3, -0.25) is 4.98 Å². The maximum absolute atomic E-state index is 5.89. The summed E-state index contributed by atoms with van der Waals surface area (Å²) in [5.41, 5.74) is 6.78. The highest BCUT2D eigenvalue weighted by Crippen LogP contribution is 2.43. The molecular formula is C27H29N5OS. The van der Waals surface area contributed by atoms with Crippen LogP contribution in [0.1, 0.15) is 40.5 Å². The van der Waals surface area contributed by atoms with Crippen molar-refractivity contribution >= 4 is 28.7 Å². The van der Waals surface area contributed by atoms with E-state index in [9.17, 15) is 0 Å². The van der Waals surface area contributed by atoms with Gasteiger partial charge >= 0.3 is 0 Å². The van der Waals surface area contributed by atoms with Gasteiger partial charge in [0.1, 0.15) is 5.76 Å². The largest absolute Gasteiger partial charge is 0.467 e. The number of pyridine rings is 1. The Labute approximate surface area is 205 Å². The molecule has 5 rings (SSSR count). The molecule has 4 aromatic rings. The van der Waals surface area contributed by atoms with Crippen molar-refractivity contribution in [1.82, 2.24) is 14.9 Å². The Kier molecular flexibility index (Phi) is 5.87. The molecule has 2 atom stereocenters. The molecule has 1 saturated heterocycles. The van der Waals surface area contributed by atoms with E-state index in [2.05, 4.69) is 74.9 Å². The molecule has 1 aromatic carbocycles. The van der Waals surface area contributed by atoms with E-state index >= 15 is 0 Å². The lowest BCUT2D eigenvalue weighted by Gasteiger charge is -2.28. The normalized spacial score (nSPS) is 17.8. The second kappa shape index (κ2) is 8.99. The van der Waals surface area contributed by atoms with Gasteiger partial charge in [-0.2, -0.15) is 0 Å². The van der Waals surface area contributed by atoms with Crippen molar-refractivity contribution in [3.63, 3.8) is 0 Å². The van der Waals surface area contributed by atoms with E-state index in [0.717, 1.165) is 22.8 Å². The van der Waals surface area contributed by atoms with Gasteiger partial charge in [-0.05, 0) is 86.2 Å². The minimum atomic E-state index is -0.0696. The number of nitrogens with zero attached hydrogens (tertiary/aromatic N) is 4. The van der Waals surface area contributed by atoms with Crippen molar-refractivity contribution in [3.8, 4) is 0 Å². The molecule has 0 amide bonds. The maximum atomic E-state index is 5.89. The van der Waals surface area contributed by atoms with Crippen molar-refractivity contribution in [2.45, 2.75) is 32.5 Å². The maximum Gasteiger partial charge on any atom is 0.174 e. The number of anilines is 2.